The summed E-state index contributed by atoms with van der Waals surface area (Å²) in [7, 11) is -2.59. The Morgan fingerprint density at radius 2 is 1.93 bits per heavy atom. The summed E-state index contributed by atoms with van der Waals surface area (Å²) in [5.41, 5.74) is 0.668. The SMILES string of the molecule is COc1ccc(NC(=O)[C@H]2C[C@H]3C=C[C@H]2C3)cc1S(=O)(=O)Nc1ccccc1Cl. The van der Waals surface area contributed by atoms with Crippen molar-refractivity contribution in [2.24, 2.45) is 17.8 Å². The van der Waals surface area contributed by atoms with Crippen LogP contribution in [-0.4, -0.2) is 21.4 Å². The molecule has 0 saturated heterocycles. The van der Waals surface area contributed by atoms with E-state index in [1.54, 1.807) is 30.3 Å². The second-order valence-corrected chi connectivity index (χ2v) is 9.38. The fourth-order valence-corrected chi connectivity index (χ4v) is 5.54. The third-order valence-electron chi connectivity index (χ3n) is 5.45. The van der Waals surface area contributed by atoms with Gasteiger partial charge in [0.05, 0.1) is 17.8 Å². The molecule has 6 nitrogen and oxygen atoms in total. The van der Waals surface area contributed by atoms with Crippen molar-refractivity contribution >= 4 is 38.9 Å². The molecule has 8 heteroatoms. The van der Waals surface area contributed by atoms with Crippen molar-refractivity contribution in [3.8, 4) is 5.75 Å². The highest BCUT2D eigenvalue weighted by Gasteiger charge is 2.39. The van der Waals surface area contributed by atoms with Crippen LogP contribution in [0.25, 0.3) is 0 Å². The van der Waals surface area contributed by atoms with Crippen LogP contribution in [0.4, 0.5) is 11.4 Å². The van der Waals surface area contributed by atoms with E-state index in [9.17, 15) is 13.2 Å². The van der Waals surface area contributed by atoms with Crippen molar-refractivity contribution < 1.29 is 17.9 Å². The molecule has 1 saturated carbocycles. The molecule has 3 atom stereocenters. The zero-order valence-electron chi connectivity index (χ0n) is 15.8. The van der Waals surface area contributed by atoms with E-state index < -0.39 is 10.0 Å². The molecule has 0 unspecified atom stereocenters. The van der Waals surface area contributed by atoms with Gasteiger partial charge in [0.25, 0.3) is 10.0 Å². The lowest BCUT2D eigenvalue weighted by molar-refractivity contribution is -0.120. The van der Waals surface area contributed by atoms with Crippen molar-refractivity contribution in [3.05, 3.63) is 59.6 Å². The van der Waals surface area contributed by atoms with E-state index in [1.165, 1.54) is 19.2 Å². The van der Waals surface area contributed by atoms with Crippen LogP contribution in [0.3, 0.4) is 0 Å². The van der Waals surface area contributed by atoms with Crippen LogP contribution in [-0.2, 0) is 14.8 Å². The second-order valence-electron chi connectivity index (χ2n) is 7.33. The maximum atomic E-state index is 13.0. The number of allylic oxidation sites excluding steroid dienone is 2. The average molecular weight is 433 g/mol. The van der Waals surface area contributed by atoms with E-state index in [0.717, 1.165) is 12.8 Å². The van der Waals surface area contributed by atoms with Crippen molar-refractivity contribution in [2.45, 2.75) is 17.7 Å². The lowest BCUT2D eigenvalue weighted by atomic mass is 9.93. The summed E-state index contributed by atoms with van der Waals surface area (Å²) in [5.74, 6) is 0.749. The van der Waals surface area contributed by atoms with Crippen LogP contribution in [0.15, 0.2) is 59.5 Å². The summed E-state index contributed by atoms with van der Waals surface area (Å²) in [6.07, 6.45) is 6.13. The number of halogens is 1. The number of sulfonamides is 1. The number of rotatable bonds is 6. The van der Waals surface area contributed by atoms with Crippen LogP contribution in [0.1, 0.15) is 12.8 Å². The molecule has 0 aliphatic heterocycles. The minimum absolute atomic E-state index is 0.0755. The van der Waals surface area contributed by atoms with Gasteiger partial charge in [-0.15, -0.1) is 0 Å². The number of carbonyl (C=O) groups excluding carboxylic acids is 1. The first-order chi connectivity index (χ1) is 13.9. The van der Waals surface area contributed by atoms with Crippen LogP contribution in [0.2, 0.25) is 5.02 Å². The van der Waals surface area contributed by atoms with Gasteiger partial charge in [0, 0.05) is 11.6 Å². The number of anilines is 2. The maximum Gasteiger partial charge on any atom is 0.265 e. The molecule has 0 spiro atoms. The standard InChI is InChI=1S/C21H21ClN2O4S/c1-28-19-9-8-15(23-21(25)16-11-13-6-7-14(16)10-13)12-20(19)29(26,27)24-18-5-3-2-4-17(18)22/h2-9,12-14,16,24H,10-11H2,1H3,(H,23,25)/t13-,14-,16-/m0/s1. The molecule has 2 bridgehead atoms. The highest BCUT2D eigenvalue weighted by atomic mass is 35.5. The number of amides is 1. The lowest BCUT2D eigenvalue weighted by Crippen LogP contribution is -2.26. The van der Waals surface area contributed by atoms with Crippen molar-refractivity contribution in [3.63, 3.8) is 0 Å². The van der Waals surface area contributed by atoms with Gasteiger partial charge in [-0.25, -0.2) is 8.42 Å². The first-order valence-electron chi connectivity index (χ1n) is 9.32. The van der Waals surface area contributed by atoms with E-state index in [0.29, 0.717) is 11.6 Å². The Kier molecular flexibility index (Phi) is 5.27. The normalized spacial score (nSPS) is 22.5. The van der Waals surface area contributed by atoms with Gasteiger partial charge in [0.15, 0.2) is 0 Å². The maximum absolute atomic E-state index is 13.0. The molecular weight excluding hydrogens is 412 g/mol. The Balaban J connectivity index is 1.59. The number of fused-ring (bicyclic) bond motifs is 2. The minimum atomic E-state index is -3.99. The largest absolute Gasteiger partial charge is 0.495 e. The second kappa shape index (κ2) is 7.72. The van der Waals surface area contributed by atoms with Gasteiger partial charge in [0.1, 0.15) is 10.6 Å². The number of ether oxygens (including phenoxy) is 1. The molecule has 2 aliphatic rings. The fourth-order valence-electron chi connectivity index (χ4n) is 4.03. The molecule has 1 fully saturated rings. The van der Waals surface area contributed by atoms with Gasteiger partial charge in [-0.3, -0.25) is 9.52 Å². The molecule has 2 N–H and O–H groups in total. The van der Waals surface area contributed by atoms with E-state index >= 15 is 0 Å². The zero-order chi connectivity index (χ0) is 20.6. The Morgan fingerprint density at radius 1 is 1.14 bits per heavy atom. The monoisotopic (exact) mass is 432 g/mol. The highest BCUT2D eigenvalue weighted by Crippen LogP contribution is 2.44. The third-order valence-corrected chi connectivity index (χ3v) is 7.17. The molecule has 0 heterocycles. The number of carbonyl (C=O) groups is 1. The van der Waals surface area contributed by atoms with Crippen molar-refractivity contribution in [1.29, 1.82) is 0 Å². The van der Waals surface area contributed by atoms with Gasteiger partial charge < -0.3 is 10.1 Å². The number of nitrogens with one attached hydrogen (secondary N) is 2. The van der Waals surface area contributed by atoms with Gasteiger partial charge in [-0.1, -0.05) is 35.9 Å². The van der Waals surface area contributed by atoms with Crippen molar-refractivity contribution in [2.75, 3.05) is 17.1 Å². The molecule has 29 heavy (non-hydrogen) atoms. The van der Waals surface area contributed by atoms with Gasteiger partial charge in [0.2, 0.25) is 5.91 Å². The average Bonchev–Trinajstić information content (AvgIpc) is 3.33. The van der Waals surface area contributed by atoms with Crippen LogP contribution >= 0.6 is 11.6 Å². The molecule has 2 aromatic carbocycles. The summed E-state index contributed by atoms with van der Waals surface area (Å²) >= 11 is 6.07. The number of methoxy groups -OCH3 is 1. The number of hydrogen-bond acceptors (Lipinski definition) is 4. The molecule has 4 rings (SSSR count). The smallest absolute Gasteiger partial charge is 0.265 e. The molecule has 0 aromatic heterocycles. The summed E-state index contributed by atoms with van der Waals surface area (Å²) in [4.78, 5) is 12.6. The highest BCUT2D eigenvalue weighted by molar-refractivity contribution is 7.92. The first kappa shape index (κ1) is 19.8. The first-order valence-corrected chi connectivity index (χ1v) is 11.2. The zero-order valence-corrected chi connectivity index (χ0v) is 17.3. The van der Waals surface area contributed by atoms with Gasteiger partial charge >= 0.3 is 0 Å². The van der Waals surface area contributed by atoms with Crippen LogP contribution in [0, 0.1) is 17.8 Å². The molecule has 0 radical (unpaired) electrons. The Bertz CT molecular complexity index is 1080. The van der Waals surface area contributed by atoms with Gasteiger partial charge in [-0.2, -0.15) is 0 Å². The fraction of sp³-hybridized carbons (Fsp3) is 0.286. The Hall–Kier alpha value is -2.51. The third kappa shape index (κ3) is 3.97. The predicted octanol–water partition coefficient (Wildman–Crippen LogP) is 4.30. The van der Waals surface area contributed by atoms with Crippen molar-refractivity contribution in [1.82, 2.24) is 0 Å². The molecular formula is C21H21ClN2O4S. The van der Waals surface area contributed by atoms with E-state index in [4.69, 9.17) is 16.3 Å². The van der Waals surface area contributed by atoms with E-state index in [2.05, 4.69) is 22.2 Å². The number of para-hydroxylation sites is 1. The van der Waals surface area contributed by atoms with Crippen LogP contribution < -0.4 is 14.8 Å². The topological polar surface area (TPSA) is 84.5 Å². The Morgan fingerprint density at radius 3 is 2.59 bits per heavy atom. The molecule has 2 aliphatic carbocycles. The number of hydrogen-bond donors (Lipinski definition) is 2. The molecule has 1 amide bonds. The quantitative estimate of drug-likeness (QED) is 0.666. The van der Waals surface area contributed by atoms with Gasteiger partial charge in [-0.05, 0) is 55.0 Å². The van der Waals surface area contributed by atoms with E-state index in [-0.39, 0.29) is 39.1 Å². The lowest BCUT2D eigenvalue weighted by Gasteiger charge is -2.18. The van der Waals surface area contributed by atoms with E-state index in [1.807, 2.05) is 0 Å². The Labute approximate surface area is 175 Å². The van der Waals surface area contributed by atoms with Crippen LogP contribution in [0.5, 0.6) is 5.75 Å². The molecule has 2 aromatic rings. The number of benzene rings is 2. The molecule has 152 valence electrons. The summed E-state index contributed by atoms with van der Waals surface area (Å²) in [5, 5.41) is 3.14. The summed E-state index contributed by atoms with van der Waals surface area (Å²) < 4.78 is 33.6. The minimum Gasteiger partial charge on any atom is -0.495 e. The summed E-state index contributed by atoms with van der Waals surface area (Å²) in [6.45, 7) is 0. The summed E-state index contributed by atoms with van der Waals surface area (Å²) in [6, 6.07) is 11.1. The predicted molar refractivity (Wildman–Crippen MR) is 113 cm³/mol.